The molecule has 0 aliphatic rings. The Hall–Kier alpha value is -3.56. The number of nitrogens with zero attached hydrogens (tertiary/aromatic N) is 2. The van der Waals surface area contributed by atoms with E-state index in [1.165, 1.54) is 19.2 Å². The first kappa shape index (κ1) is 23.1. The summed E-state index contributed by atoms with van der Waals surface area (Å²) >= 11 is 0. The molecule has 0 aliphatic heterocycles. The third-order valence-corrected chi connectivity index (χ3v) is 4.41. The highest BCUT2D eigenvalue weighted by molar-refractivity contribution is 5.61. The molecule has 1 unspecified atom stereocenters. The number of hydrogen-bond donors (Lipinski definition) is 3. The van der Waals surface area contributed by atoms with Gasteiger partial charge in [0.1, 0.15) is 6.61 Å². The third kappa shape index (κ3) is 5.99. The zero-order valence-corrected chi connectivity index (χ0v) is 17.7. The van der Waals surface area contributed by atoms with Crippen LogP contribution in [0.3, 0.4) is 0 Å². The normalized spacial score (nSPS) is 11.7. The van der Waals surface area contributed by atoms with Crippen LogP contribution in [0.1, 0.15) is 18.6 Å². The lowest BCUT2D eigenvalue weighted by molar-refractivity contribution is 0.144. The van der Waals surface area contributed by atoms with E-state index in [1.54, 1.807) is 37.3 Å². The van der Waals surface area contributed by atoms with Crippen LogP contribution in [0.15, 0.2) is 60.8 Å². The molecule has 1 aromatic heterocycles. The lowest BCUT2D eigenvalue weighted by Crippen LogP contribution is -2.06. The van der Waals surface area contributed by atoms with Crippen LogP contribution in [-0.2, 0) is 4.74 Å². The summed E-state index contributed by atoms with van der Waals surface area (Å²) in [4.78, 5) is 8.03. The zero-order chi connectivity index (χ0) is 23.1. The Morgan fingerprint density at radius 1 is 1.09 bits per heavy atom. The van der Waals surface area contributed by atoms with Gasteiger partial charge in [0.2, 0.25) is 5.95 Å². The molecule has 168 valence electrons. The number of aliphatic hydroxyl groups is 1. The Morgan fingerprint density at radius 2 is 1.88 bits per heavy atom. The summed E-state index contributed by atoms with van der Waals surface area (Å²) in [5.74, 6) is -1.16. The van der Waals surface area contributed by atoms with Gasteiger partial charge in [-0.25, -0.2) is 13.8 Å². The van der Waals surface area contributed by atoms with E-state index in [1.807, 2.05) is 0 Å². The number of ether oxygens (including phenoxy) is 2. The van der Waals surface area contributed by atoms with Gasteiger partial charge >= 0.3 is 0 Å². The van der Waals surface area contributed by atoms with Crippen molar-refractivity contribution in [2.24, 2.45) is 0 Å². The van der Waals surface area contributed by atoms with Gasteiger partial charge in [0.25, 0.3) is 0 Å². The SMILES string of the molecule is C=C(C)C(O)c1cccc(Nc2nc(Nc3ccc(OCCOC)c(F)c3)ncc2F)c1. The van der Waals surface area contributed by atoms with Crippen molar-refractivity contribution in [1.29, 1.82) is 0 Å². The van der Waals surface area contributed by atoms with Crippen LogP contribution in [0.2, 0.25) is 0 Å². The number of hydrogen-bond acceptors (Lipinski definition) is 7. The Bertz CT molecular complexity index is 1090. The Labute approximate surface area is 184 Å². The van der Waals surface area contributed by atoms with Gasteiger partial charge in [0, 0.05) is 24.6 Å². The molecule has 3 rings (SSSR count). The van der Waals surface area contributed by atoms with Crippen LogP contribution < -0.4 is 15.4 Å². The maximum Gasteiger partial charge on any atom is 0.229 e. The van der Waals surface area contributed by atoms with Gasteiger partial charge in [-0.3, -0.25) is 0 Å². The number of nitrogens with one attached hydrogen (secondary N) is 2. The van der Waals surface area contributed by atoms with Gasteiger partial charge in [-0.2, -0.15) is 4.98 Å². The molecule has 0 aliphatic carbocycles. The molecule has 32 heavy (non-hydrogen) atoms. The summed E-state index contributed by atoms with van der Waals surface area (Å²) in [6.45, 7) is 6.02. The van der Waals surface area contributed by atoms with Crippen molar-refractivity contribution in [2.75, 3.05) is 31.0 Å². The van der Waals surface area contributed by atoms with Crippen LogP contribution in [0.5, 0.6) is 5.75 Å². The molecule has 3 N–H and O–H groups in total. The zero-order valence-electron chi connectivity index (χ0n) is 17.7. The van der Waals surface area contributed by atoms with Gasteiger partial charge in [0.15, 0.2) is 23.2 Å². The number of aromatic nitrogens is 2. The maximum atomic E-state index is 14.3. The molecular formula is C23H24F2N4O3. The van der Waals surface area contributed by atoms with E-state index in [-0.39, 0.29) is 24.1 Å². The smallest absolute Gasteiger partial charge is 0.229 e. The Morgan fingerprint density at radius 3 is 2.59 bits per heavy atom. The fraction of sp³-hybridized carbons (Fsp3) is 0.217. The molecule has 0 saturated carbocycles. The lowest BCUT2D eigenvalue weighted by atomic mass is 10.0. The largest absolute Gasteiger partial charge is 0.488 e. The molecule has 0 bridgehead atoms. The van der Waals surface area contributed by atoms with Crippen molar-refractivity contribution in [3.8, 4) is 5.75 Å². The monoisotopic (exact) mass is 442 g/mol. The Kier molecular flexibility index (Phi) is 7.69. The Balaban J connectivity index is 1.74. The van der Waals surface area contributed by atoms with Gasteiger partial charge in [-0.05, 0) is 42.3 Å². The van der Waals surface area contributed by atoms with Gasteiger partial charge < -0.3 is 25.2 Å². The summed E-state index contributed by atoms with van der Waals surface area (Å²) in [6, 6.07) is 11.1. The standard InChI is InChI=1S/C23H24F2N4O3/c1-14(2)21(30)15-5-4-6-16(11-15)27-22-19(25)13-26-23(29-22)28-17-7-8-20(18(24)12-17)32-10-9-31-3/h4-8,11-13,21,30H,1,9-10H2,2-3H3,(H2,26,27,28,29). The predicted molar refractivity (Wildman–Crippen MR) is 119 cm³/mol. The van der Waals surface area contributed by atoms with Crippen LogP contribution >= 0.6 is 0 Å². The number of halogens is 2. The fourth-order valence-corrected chi connectivity index (χ4v) is 2.78. The minimum absolute atomic E-state index is 0.0690. The summed E-state index contributed by atoms with van der Waals surface area (Å²) in [5.41, 5.74) is 2.09. The van der Waals surface area contributed by atoms with Crippen molar-refractivity contribution >= 4 is 23.1 Å². The first-order valence-electron chi connectivity index (χ1n) is 9.78. The lowest BCUT2D eigenvalue weighted by Gasteiger charge is -2.14. The molecule has 0 fully saturated rings. The van der Waals surface area contributed by atoms with Crippen molar-refractivity contribution < 1.29 is 23.4 Å². The number of anilines is 4. The van der Waals surface area contributed by atoms with E-state index in [0.717, 1.165) is 6.20 Å². The van der Waals surface area contributed by atoms with E-state index in [4.69, 9.17) is 9.47 Å². The molecule has 2 aromatic carbocycles. The number of rotatable bonds is 10. The summed E-state index contributed by atoms with van der Waals surface area (Å²) in [5, 5.41) is 15.9. The quantitative estimate of drug-likeness (QED) is 0.305. The summed E-state index contributed by atoms with van der Waals surface area (Å²) in [7, 11) is 1.53. The second kappa shape index (κ2) is 10.7. The van der Waals surface area contributed by atoms with E-state index in [9.17, 15) is 13.9 Å². The molecule has 0 spiro atoms. The maximum absolute atomic E-state index is 14.3. The molecule has 9 heteroatoms. The third-order valence-electron chi connectivity index (χ3n) is 4.41. The highest BCUT2D eigenvalue weighted by Crippen LogP contribution is 2.26. The number of aliphatic hydroxyl groups excluding tert-OH is 1. The first-order valence-corrected chi connectivity index (χ1v) is 9.78. The van der Waals surface area contributed by atoms with E-state index >= 15 is 0 Å². The van der Waals surface area contributed by atoms with Crippen molar-refractivity contribution in [1.82, 2.24) is 9.97 Å². The van der Waals surface area contributed by atoms with E-state index in [2.05, 4.69) is 27.2 Å². The molecule has 1 atom stereocenters. The van der Waals surface area contributed by atoms with E-state index < -0.39 is 17.7 Å². The van der Waals surface area contributed by atoms with Crippen LogP contribution in [-0.4, -0.2) is 35.4 Å². The molecule has 0 saturated heterocycles. The number of benzene rings is 2. The van der Waals surface area contributed by atoms with Crippen molar-refractivity contribution in [3.63, 3.8) is 0 Å². The van der Waals surface area contributed by atoms with E-state index in [0.29, 0.717) is 29.1 Å². The second-order valence-electron chi connectivity index (χ2n) is 7.00. The van der Waals surface area contributed by atoms with Gasteiger partial charge in [-0.15, -0.1) is 0 Å². The minimum atomic E-state index is -0.833. The average molecular weight is 442 g/mol. The molecular weight excluding hydrogens is 418 g/mol. The highest BCUT2D eigenvalue weighted by Gasteiger charge is 2.12. The van der Waals surface area contributed by atoms with Crippen molar-refractivity contribution in [2.45, 2.75) is 13.0 Å². The topological polar surface area (TPSA) is 88.5 Å². The minimum Gasteiger partial charge on any atom is -0.488 e. The second-order valence-corrected chi connectivity index (χ2v) is 7.00. The molecule has 1 heterocycles. The fourth-order valence-electron chi connectivity index (χ4n) is 2.78. The molecule has 7 nitrogen and oxygen atoms in total. The predicted octanol–water partition coefficient (Wildman–Crippen LogP) is 4.88. The van der Waals surface area contributed by atoms with Gasteiger partial charge in [-0.1, -0.05) is 18.7 Å². The summed E-state index contributed by atoms with van der Waals surface area (Å²) < 4.78 is 38.7. The van der Waals surface area contributed by atoms with Crippen LogP contribution in [0.4, 0.5) is 31.9 Å². The highest BCUT2D eigenvalue weighted by atomic mass is 19.1. The molecule has 0 amide bonds. The van der Waals surface area contributed by atoms with Gasteiger partial charge in [0.05, 0.1) is 18.9 Å². The number of methoxy groups -OCH3 is 1. The molecule has 0 radical (unpaired) electrons. The van der Waals surface area contributed by atoms with Crippen LogP contribution in [0, 0.1) is 11.6 Å². The first-order chi connectivity index (χ1) is 15.4. The summed E-state index contributed by atoms with van der Waals surface area (Å²) in [6.07, 6.45) is 0.170. The molecule has 3 aromatic rings. The van der Waals surface area contributed by atoms with Crippen LogP contribution in [0.25, 0.3) is 0 Å². The van der Waals surface area contributed by atoms with Crippen molar-refractivity contribution in [3.05, 3.63) is 78.0 Å². The average Bonchev–Trinajstić information content (AvgIpc) is 2.77.